The van der Waals surface area contributed by atoms with Gasteiger partial charge in [0.1, 0.15) is 43.2 Å². The van der Waals surface area contributed by atoms with Gasteiger partial charge in [-0.2, -0.15) is 12.6 Å². The third-order valence-electron chi connectivity index (χ3n) is 9.72. The number of unbranched alkanes of at least 4 members (excludes halogenated alkanes) is 19. The van der Waals surface area contributed by atoms with Crippen LogP contribution >= 0.6 is 36.1 Å². The molecule has 1 aliphatic rings. The Hall–Kier alpha value is -0.500. The third-order valence-corrected chi connectivity index (χ3v) is 12.1. The Balaban J connectivity index is 2.82. The van der Waals surface area contributed by atoms with Crippen LogP contribution in [0.15, 0.2) is 0 Å². The second-order valence-corrected chi connectivity index (χ2v) is 19.3. The Kier molecular flexibility index (Phi) is 30.0. The number of phosphoric acid groups is 3. The zero-order valence-corrected chi connectivity index (χ0v) is 37.9. The van der Waals surface area contributed by atoms with Gasteiger partial charge in [-0.15, -0.1) is 0 Å². The van der Waals surface area contributed by atoms with Crippen molar-refractivity contribution in [3.05, 3.63) is 0 Å². The minimum absolute atomic E-state index is 0.00512. The maximum Gasteiger partial charge on any atom is 0.472 e. The topological polar surface area (TPSA) is 303 Å². The Bertz CT molecular complexity index is 1250. The van der Waals surface area contributed by atoms with Crippen LogP contribution in [-0.4, -0.2) is 113 Å². The smallest absolute Gasteiger partial charge is 0.462 e. The normalized spacial score (nSPS) is 22.8. The predicted octanol–water partition coefficient (Wildman–Crippen LogP) is 5.92. The van der Waals surface area contributed by atoms with Crippen molar-refractivity contribution in [3.8, 4) is 0 Å². The van der Waals surface area contributed by atoms with Gasteiger partial charge in [0.05, 0.1) is 6.61 Å². The van der Waals surface area contributed by atoms with E-state index in [4.69, 9.17) is 18.5 Å². The van der Waals surface area contributed by atoms with Gasteiger partial charge < -0.3 is 49.3 Å². The van der Waals surface area contributed by atoms with Crippen LogP contribution in [0.2, 0.25) is 0 Å². The monoisotopic (exact) mass is 932 g/mol. The van der Waals surface area contributed by atoms with Crippen molar-refractivity contribution in [2.75, 3.05) is 19.0 Å². The van der Waals surface area contributed by atoms with E-state index in [1.165, 1.54) is 44.9 Å². The Morgan fingerprint density at radius 1 is 0.525 bits per heavy atom. The summed E-state index contributed by atoms with van der Waals surface area (Å²) in [5.74, 6) is -0.455. The molecule has 0 bridgehead atoms. The van der Waals surface area contributed by atoms with Crippen molar-refractivity contribution in [3.63, 3.8) is 0 Å². The molecule has 0 heterocycles. The fourth-order valence-corrected chi connectivity index (χ4v) is 8.90. The van der Waals surface area contributed by atoms with Gasteiger partial charge in [-0.3, -0.25) is 27.7 Å². The van der Waals surface area contributed by atoms with Crippen molar-refractivity contribution in [2.24, 2.45) is 0 Å². The molecule has 23 heteroatoms. The van der Waals surface area contributed by atoms with Crippen molar-refractivity contribution in [2.45, 2.75) is 197 Å². The molecule has 1 fully saturated rings. The number of esters is 2. The number of hydrogen-bond donors (Lipinski definition) is 9. The summed E-state index contributed by atoms with van der Waals surface area (Å²) >= 11 is 4.20. The fraction of sp³-hybridized carbons (Fsp3) is 0.944. The molecule has 0 aromatic carbocycles. The highest BCUT2D eigenvalue weighted by Gasteiger charge is 2.56. The number of carbonyl (C=O) groups excluding carboxylic acids is 2. The van der Waals surface area contributed by atoms with Gasteiger partial charge in [-0.25, -0.2) is 13.7 Å². The molecule has 1 rings (SSSR count). The summed E-state index contributed by atoms with van der Waals surface area (Å²) in [6, 6.07) is 0. The lowest BCUT2D eigenvalue weighted by atomic mass is 9.85. The van der Waals surface area contributed by atoms with Crippen LogP contribution in [0.4, 0.5) is 0 Å². The summed E-state index contributed by atoms with van der Waals surface area (Å²) in [5, 5.41) is 31.7. The number of hydrogen-bond acceptors (Lipinski definition) is 15. The fourth-order valence-electron chi connectivity index (χ4n) is 6.57. The van der Waals surface area contributed by atoms with E-state index in [9.17, 15) is 63.1 Å². The van der Waals surface area contributed by atoms with Gasteiger partial charge in [-0.1, -0.05) is 122 Å². The van der Waals surface area contributed by atoms with Gasteiger partial charge >= 0.3 is 35.4 Å². The molecule has 1 aliphatic carbocycles. The molecule has 4 unspecified atom stereocenters. The van der Waals surface area contributed by atoms with Gasteiger partial charge in [0.2, 0.25) is 0 Å². The number of ether oxygens (including phenoxy) is 2. The highest BCUT2D eigenvalue weighted by Crippen LogP contribution is 2.51. The van der Waals surface area contributed by atoms with E-state index in [0.717, 1.165) is 82.8 Å². The van der Waals surface area contributed by atoms with Gasteiger partial charge in [0.25, 0.3) is 0 Å². The first-order valence-corrected chi connectivity index (χ1v) is 26.1. The number of rotatable bonds is 36. The summed E-state index contributed by atoms with van der Waals surface area (Å²) in [6.45, 7) is 0.695. The highest BCUT2D eigenvalue weighted by molar-refractivity contribution is 7.80. The lowest BCUT2D eigenvalue weighted by molar-refractivity contribution is -0.213. The number of phosphoric ester groups is 3. The zero-order valence-electron chi connectivity index (χ0n) is 34.3. The van der Waals surface area contributed by atoms with E-state index in [0.29, 0.717) is 12.8 Å². The second-order valence-electron chi connectivity index (χ2n) is 15.0. The number of aliphatic hydroxyl groups excluding tert-OH is 3. The molecule has 0 aliphatic heterocycles. The summed E-state index contributed by atoms with van der Waals surface area (Å²) in [5.41, 5.74) is 0. The van der Waals surface area contributed by atoms with E-state index in [1.807, 2.05) is 0 Å². The van der Waals surface area contributed by atoms with E-state index in [-0.39, 0.29) is 12.8 Å². The average Bonchev–Trinajstić information content (AvgIpc) is 3.15. The van der Waals surface area contributed by atoms with Gasteiger partial charge in [-0.05, 0) is 25.0 Å². The van der Waals surface area contributed by atoms with E-state index >= 15 is 0 Å². The Labute approximate surface area is 354 Å². The summed E-state index contributed by atoms with van der Waals surface area (Å²) in [7, 11) is -16.6. The molecule has 0 saturated heterocycles. The van der Waals surface area contributed by atoms with Crippen LogP contribution in [0.3, 0.4) is 0 Å². The predicted molar refractivity (Wildman–Crippen MR) is 219 cm³/mol. The molecule has 350 valence electrons. The van der Waals surface area contributed by atoms with Gasteiger partial charge in [0, 0.05) is 12.8 Å². The van der Waals surface area contributed by atoms with Gasteiger partial charge in [0.15, 0.2) is 6.10 Å². The first kappa shape index (κ1) is 56.5. The first-order chi connectivity index (χ1) is 27.8. The molecule has 8 atom stereocenters. The minimum atomic E-state index is -5.54. The van der Waals surface area contributed by atoms with E-state index < -0.39 is 91.3 Å². The van der Waals surface area contributed by atoms with E-state index in [2.05, 4.69) is 28.6 Å². The van der Waals surface area contributed by atoms with E-state index in [1.54, 1.807) is 0 Å². The molecule has 0 amide bonds. The Morgan fingerprint density at radius 2 is 0.881 bits per heavy atom. The Morgan fingerprint density at radius 3 is 1.27 bits per heavy atom. The number of carbonyl (C=O) groups is 2. The van der Waals surface area contributed by atoms with Crippen LogP contribution < -0.4 is 0 Å². The van der Waals surface area contributed by atoms with Crippen molar-refractivity contribution >= 4 is 48.0 Å². The van der Waals surface area contributed by atoms with Crippen molar-refractivity contribution in [1.82, 2.24) is 0 Å². The quantitative estimate of drug-likeness (QED) is 0.0152. The third kappa shape index (κ3) is 28.0. The van der Waals surface area contributed by atoms with Crippen LogP contribution in [0.25, 0.3) is 0 Å². The summed E-state index contributed by atoms with van der Waals surface area (Å²) in [6.07, 6.45) is 5.71. The average molecular weight is 933 g/mol. The molecule has 19 nitrogen and oxygen atoms in total. The largest absolute Gasteiger partial charge is 0.472 e. The molecule has 0 radical (unpaired) electrons. The minimum Gasteiger partial charge on any atom is -0.462 e. The SMILES string of the molecule is CCCCCCCCCCCCCCCC(=O)O[C@H](COC(=O)CCCCCCCCCCS)COP(=O)(O)OC1C(O)[C@@H](OP(=O)(O)O)C(O)[C@@H](OP(=O)(O)O)[C@H]1O. The molecule has 0 aromatic heterocycles. The van der Waals surface area contributed by atoms with Crippen LogP contribution in [0.1, 0.15) is 155 Å². The molecule has 1 saturated carbocycles. The molecule has 0 aromatic rings. The van der Waals surface area contributed by atoms with Crippen molar-refractivity contribution in [1.29, 1.82) is 0 Å². The maximum absolute atomic E-state index is 13.1. The maximum atomic E-state index is 13.1. The highest BCUT2D eigenvalue weighted by atomic mass is 32.1. The molecular weight excluding hydrogens is 861 g/mol. The van der Waals surface area contributed by atoms with Crippen LogP contribution in [-0.2, 0) is 50.9 Å². The number of thiol groups is 1. The summed E-state index contributed by atoms with van der Waals surface area (Å²) in [4.78, 5) is 72.8. The molecule has 59 heavy (non-hydrogen) atoms. The lowest BCUT2D eigenvalue weighted by Gasteiger charge is -2.44. The second kappa shape index (κ2) is 31.4. The molecule has 8 N–H and O–H groups in total. The van der Waals surface area contributed by atoms with Crippen molar-refractivity contribution < 1.29 is 90.6 Å². The number of aliphatic hydroxyl groups is 3. The molecular formula is C36H71O19P3S. The zero-order chi connectivity index (χ0) is 44.3. The van der Waals surface area contributed by atoms with Crippen LogP contribution in [0.5, 0.6) is 0 Å². The lowest BCUT2D eigenvalue weighted by Crippen LogP contribution is -2.65. The summed E-state index contributed by atoms with van der Waals surface area (Å²) < 4.78 is 65.2. The standard InChI is InChI=1S/C36H71O19P3S/c1-2-3-4-5-6-7-8-9-10-11-15-18-21-24-30(38)52-28(26-50-29(37)23-20-17-14-12-13-16-19-22-25-59)27-51-58(48,49)55-36-32(40)34(53-56(42,43)44)31(39)35(33(36)41)54-57(45,46)47/h28,31-36,39-41,59H,2-27H2,1H3,(H,48,49)(H2,42,43,44)(H2,45,46,47)/t28-,31?,32-,33?,34-,35+,36?/m1/s1. The first-order valence-electron chi connectivity index (χ1n) is 20.9. The van der Waals surface area contributed by atoms with Crippen LogP contribution in [0, 0.1) is 0 Å². The molecule has 0 spiro atoms.